The number of hydrogen-bond acceptors (Lipinski definition) is 1. The lowest BCUT2D eigenvalue weighted by molar-refractivity contribution is -0.121. The molecule has 0 fully saturated rings. The third-order valence-corrected chi connectivity index (χ3v) is 5.36. The van der Waals surface area contributed by atoms with Crippen molar-refractivity contribution < 1.29 is 4.79 Å². The molecule has 0 atom stereocenters. The molecule has 150 valence electrons. The maximum absolute atomic E-state index is 11.8. The summed E-state index contributed by atoms with van der Waals surface area (Å²) < 4.78 is 0. The minimum atomic E-state index is 0.253. The molecule has 0 aromatic carbocycles. The summed E-state index contributed by atoms with van der Waals surface area (Å²) >= 11 is 0. The minimum absolute atomic E-state index is 0.253. The van der Waals surface area contributed by atoms with Gasteiger partial charge < -0.3 is 5.32 Å². The molecule has 0 rings (SSSR count). The molecule has 0 unspecified atom stereocenters. The van der Waals surface area contributed by atoms with Crippen LogP contribution in [0.4, 0.5) is 0 Å². The smallest absolute Gasteiger partial charge is 0.220 e. The summed E-state index contributed by atoms with van der Waals surface area (Å²) in [5.74, 6) is 0.253. The summed E-state index contributed by atoms with van der Waals surface area (Å²) in [6, 6.07) is 0.379. The normalized spacial score (nSPS) is 11.2. The third-order valence-electron chi connectivity index (χ3n) is 5.36. The molecule has 0 radical (unpaired) electrons. The Morgan fingerprint density at radius 3 is 1.32 bits per heavy atom. The van der Waals surface area contributed by atoms with E-state index in [9.17, 15) is 4.79 Å². The van der Waals surface area contributed by atoms with Crippen molar-refractivity contribution in [1.29, 1.82) is 0 Å². The highest BCUT2D eigenvalue weighted by Crippen LogP contribution is 2.13. The first-order valence-electron chi connectivity index (χ1n) is 11.5. The zero-order valence-electron chi connectivity index (χ0n) is 17.7. The monoisotopic (exact) mass is 353 g/mol. The number of amides is 1. The second-order valence-electron chi connectivity index (χ2n) is 7.78. The van der Waals surface area contributed by atoms with Gasteiger partial charge in [0.2, 0.25) is 5.91 Å². The lowest BCUT2D eigenvalue weighted by Crippen LogP contribution is -2.33. The van der Waals surface area contributed by atoms with Gasteiger partial charge in [-0.3, -0.25) is 4.79 Å². The number of nitrogens with one attached hydrogen (secondary N) is 1. The molecule has 0 saturated carbocycles. The predicted molar refractivity (Wildman–Crippen MR) is 112 cm³/mol. The van der Waals surface area contributed by atoms with E-state index < -0.39 is 0 Å². The lowest BCUT2D eigenvalue weighted by atomic mass is 10.0. The highest BCUT2D eigenvalue weighted by molar-refractivity contribution is 5.76. The van der Waals surface area contributed by atoms with E-state index in [1.807, 2.05) is 0 Å². The van der Waals surface area contributed by atoms with Crippen molar-refractivity contribution in [2.24, 2.45) is 0 Å². The van der Waals surface area contributed by atoms with E-state index in [-0.39, 0.29) is 5.91 Å². The summed E-state index contributed by atoms with van der Waals surface area (Å²) in [5, 5.41) is 3.13. The van der Waals surface area contributed by atoms with Crippen LogP contribution in [-0.2, 0) is 4.79 Å². The first-order valence-corrected chi connectivity index (χ1v) is 11.5. The van der Waals surface area contributed by atoms with E-state index in [1.165, 1.54) is 89.9 Å². The van der Waals surface area contributed by atoms with Gasteiger partial charge in [-0.25, -0.2) is 0 Å². The van der Waals surface area contributed by atoms with Crippen LogP contribution < -0.4 is 5.32 Å². The Hall–Kier alpha value is -0.530. The molecule has 0 aliphatic carbocycles. The van der Waals surface area contributed by atoms with Gasteiger partial charge in [-0.05, 0) is 19.3 Å². The van der Waals surface area contributed by atoms with Gasteiger partial charge in [-0.2, -0.15) is 0 Å². The molecule has 2 heteroatoms. The van der Waals surface area contributed by atoms with Crippen LogP contribution in [0.5, 0.6) is 0 Å². The molecular weight excluding hydrogens is 306 g/mol. The average molecular weight is 354 g/mol. The molecule has 0 aromatic rings. The molecule has 1 N–H and O–H groups in total. The summed E-state index contributed by atoms with van der Waals surface area (Å²) in [4.78, 5) is 11.8. The van der Waals surface area contributed by atoms with Crippen molar-refractivity contribution in [1.82, 2.24) is 5.32 Å². The highest BCUT2D eigenvalue weighted by atomic mass is 16.1. The second-order valence-corrected chi connectivity index (χ2v) is 7.78. The quantitative estimate of drug-likeness (QED) is 0.239. The number of carbonyl (C=O) groups is 1. The zero-order valence-corrected chi connectivity index (χ0v) is 17.7. The van der Waals surface area contributed by atoms with Crippen LogP contribution in [-0.4, -0.2) is 11.9 Å². The van der Waals surface area contributed by atoms with Crippen molar-refractivity contribution in [2.75, 3.05) is 0 Å². The summed E-state index contributed by atoms with van der Waals surface area (Å²) in [6.45, 7) is 6.57. The molecule has 0 heterocycles. The first kappa shape index (κ1) is 24.5. The van der Waals surface area contributed by atoms with Crippen molar-refractivity contribution in [2.45, 2.75) is 142 Å². The molecule has 0 aromatic heterocycles. The molecule has 0 aliphatic heterocycles. The Balaban J connectivity index is 3.17. The Morgan fingerprint density at radius 1 is 0.600 bits per heavy atom. The molecule has 0 aliphatic rings. The lowest BCUT2D eigenvalue weighted by Gasteiger charge is -2.14. The van der Waals surface area contributed by atoms with Gasteiger partial charge in [0.15, 0.2) is 0 Å². The van der Waals surface area contributed by atoms with Gasteiger partial charge in [-0.1, -0.05) is 111 Å². The fourth-order valence-corrected chi connectivity index (χ4v) is 3.45. The van der Waals surface area contributed by atoms with E-state index in [0.717, 1.165) is 25.7 Å². The Kier molecular flexibility index (Phi) is 19.4. The summed E-state index contributed by atoms with van der Waals surface area (Å²) in [5.41, 5.74) is 0. The van der Waals surface area contributed by atoms with Crippen LogP contribution in [0, 0.1) is 0 Å². The van der Waals surface area contributed by atoms with Crippen molar-refractivity contribution >= 4 is 5.91 Å². The van der Waals surface area contributed by atoms with E-state index in [1.54, 1.807) is 0 Å². The van der Waals surface area contributed by atoms with E-state index >= 15 is 0 Å². The molecule has 0 bridgehead atoms. The second kappa shape index (κ2) is 19.8. The third kappa shape index (κ3) is 18.1. The molecular formula is C23H47NO. The predicted octanol–water partition coefficient (Wildman–Crippen LogP) is 7.55. The highest BCUT2D eigenvalue weighted by Gasteiger charge is 2.07. The van der Waals surface area contributed by atoms with Gasteiger partial charge >= 0.3 is 0 Å². The minimum Gasteiger partial charge on any atom is -0.353 e. The van der Waals surface area contributed by atoms with Gasteiger partial charge in [0.25, 0.3) is 0 Å². The SMILES string of the molecule is CCCCCCCCCCCCCCCCCC(=O)NC(CC)CC. The maximum atomic E-state index is 11.8. The number of hydrogen-bond donors (Lipinski definition) is 1. The summed E-state index contributed by atoms with van der Waals surface area (Å²) in [7, 11) is 0. The van der Waals surface area contributed by atoms with Crippen LogP contribution in [0.3, 0.4) is 0 Å². The standard InChI is InChI=1S/C23H47NO/c1-4-7-8-9-10-11-12-13-14-15-16-17-18-19-20-21-23(25)24-22(5-2)6-3/h22H,4-21H2,1-3H3,(H,24,25). The van der Waals surface area contributed by atoms with E-state index in [0.29, 0.717) is 6.04 Å². The number of unbranched alkanes of at least 4 members (excludes halogenated alkanes) is 14. The topological polar surface area (TPSA) is 29.1 Å². The maximum Gasteiger partial charge on any atom is 0.220 e. The Labute approximate surface area is 158 Å². The molecule has 25 heavy (non-hydrogen) atoms. The molecule has 2 nitrogen and oxygen atoms in total. The Morgan fingerprint density at radius 2 is 0.960 bits per heavy atom. The molecule has 0 saturated heterocycles. The van der Waals surface area contributed by atoms with Crippen molar-refractivity contribution in [3.63, 3.8) is 0 Å². The first-order chi connectivity index (χ1) is 12.2. The molecule has 0 spiro atoms. The van der Waals surface area contributed by atoms with Crippen molar-refractivity contribution in [3.8, 4) is 0 Å². The van der Waals surface area contributed by atoms with Gasteiger partial charge in [0, 0.05) is 12.5 Å². The fraction of sp³-hybridized carbons (Fsp3) is 0.957. The van der Waals surface area contributed by atoms with Gasteiger partial charge in [0.05, 0.1) is 0 Å². The average Bonchev–Trinajstić information content (AvgIpc) is 2.62. The summed E-state index contributed by atoms with van der Waals surface area (Å²) in [6.07, 6.45) is 23.4. The van der Waals surface area contributed by atoms with Crippen LogP contribution >= 0.6 is 0 Å². The van der Waals surface area contributed by atoms with Crippen molar-refractivity contribution in [3.05, 3.63) is 0 Å². The van der Waals surface area contributed by atoms with Crippen LogP contribution in [0.15, 0.2) is 0 Å². The van der Waals surface area contributed by atoms with Crippen LogP contribution in [0.2, 0.25) is 0 Å². The number of rotatable bonds is 19. The van der Waals surface area contributed by atoms with E-state index in [4.69, 9.17) is 0 Å². The van der Waals surface area contributed by atoms with Gasteiger partial charge in [0.1, 0.15) is 0 Å². The largest absolute Gasteiger partial charge is 0.353 e. The Bertz CT molecular complexity index is 273. The molecule has 1 amide bonds. The van der Waals surface area contributed by atoms with E-state index in [2.05, 4.69) is 26.1 Å². The van der Waals surface area contributed by atoms with Crippen LogP contribution in [0.1, 0.15) is 136 Å². The fourth-order valence-electron chi connectivity index (χ4n) is 3.45. The zero-order chi connectivity index (χ0) is 18.6. The number of carbonyl (C=O) groups excluding carboxylic acids is 1. The van der Waals surface area contributed by atoms with Gasteiger partial charge in [-0.15, -0.1) is 0 Å². The van der Waals surface area contributed by atoms with Crippen LogP contribution in [0.25, 0.3) is 0 Å².